The molecule has 0 radical (unpaired) electrons. The molecular formula is C22H23ClFN5O3. The number of hydrogen-bond acceptors (Lipinski definition) is 7. The van der Waals surface area contributed by atoms with Gasteiger partial charge in [0, 0.05) is 19.2 Å². The van der Waals surface area contributed by atoms with Crippen LogP contribution in [-0.4, -0.2) is 41.2 Å². The van der Waals surface area contributed by atoms with Crippen molar-refractivity contribution in [1.29, 1.82) is 0 Å². The number of methoxy groups -OCH3 is 1. The first-order valence-electron chi connectivity index (χ1n) is 9.89. The molecule has 3 rings (SSSR count). The molecule has 3 N–H and O–H groups in total. The molecule has 0 amide bonds. The number of nitrogens with zero attached hydrogens (tertiary/aromatic N) is 3. The number of carbonyl (C=O) groups is 1. The minimum atomic E-state index is -1.39. The van der Waals surface area contributed by atoms with Crippen molar-refractivity contribution < 1.29 is 19.0 Å². The maximum Gasteiger partial charge on any atom is 0.338 e. The zero-order chi connectivity index (χ0) is 23.3. The zero-order valence-corrected chi connectivity index (χ0v) is 18.6. The van der Waals surface area contributed by atoms with Crippen molar-refractivity contribution in [3.63, 3.8) is 0 Å². The highest BCUT2D eigenvalue weighted by Gasteiger charge is 2.17. The number of nitrogens with one attached hydrogen (secondary N) is 2. The number of carboxylic acid groups (broad SMARTS) is 1. The number of aromatic nitrogens is 2. The summed E-state index contributed by atoms with van der Waals surface area (Å²) in [4.78, 5) is 21.9. The summed E-state index contributed by atoms with van der Waals surface area (Å²) in [5, 5.41) is 15.5. The highest BCUT2D eigenvalue weighted by molar-refractivity contribution is 6.33. The van der Waals surface area contributed by atoms with E-state index >= 15 is 0 Å². The van der Waals surface area contributed by atoms with E-state index in [2.05, 4.69) is 39.3 Å². The maximum absolute atomic E-state index is 14.2. The second-order valence-corrected chi connectivity index (χ2v) is 7.07. The number of carboxylic acids is 1. The van der Waals surface area contributed by atoms with E-state index in [1.54, 1.807) is 0 Å². The number of rotatable bonds is 9. The minimum Gasteiger partial charge on any atom is -0.495 e. The molecule has 8 nitrogen and oxygen atoms in total. The Kier molecular flexibility index (Phi) is 7.32. The van der Waals surface area contributed by atoms with Gasteiger partial charge in [0.1, 0.15) is 16.6 Å². The van der Waals surface area contributed by atoms with Crippen molar-refractivity contribution in [3.05, 3.63) is 59.0 Å². The molecule has 0 fully saturated rings. The van der Waals surface area contributed by atoms with Gasteiger partial charge in [0.25, 0.3) is 0 Å². The van der Waals surface area contributed by atoms with Gasteiger partial charge < -0.3 is 25.4 Å². The van der Waals surface area contributed by atoms with Crippen LogP contribution < -0.4 is 20.3 Å². The lowest BCUT2D eigenvalue weighted by atomic mass is 10.1. The standard InChI is InChI=1S/C22H23ClFN5O3/c1-4-29(5-2)18-9-7-6-8-16(18)26-20-14(23)12-25-22(28-20)27-17-11-15(24)13(21(30)31)10-19(17)32-3/h6-12H,4-5H2,1-3H3,(H,30,31)(H2,25,26,27,28). The maximum atomic E-state index is 14.2. The van der Waals surface area contributed by atoms with E-state index in [0.717, 1.165) is 36.6 Å². The summed E-state index contributed by atoms with van der Waals surface area (Å²) in [6.45, 7) is 5.80. The molecule has 168 valence electrons. The van der Waals surface area contributed by atoms with E-state index in [1.165, 1.54) is 13.3 Å². The molecule has 2 aromatic carbocycles. The Hall–Kier alpha value is -3.59. The Labute approximate surface area is 190 Å². The van der Waals surface area contributed by atoms with Crippen molar-refractivity contribution in [3.8, 4) is 5.75 Å². The fourth-order valence-corrected chi connectivity index (χ4v) is 3.30. The summed E-state index contributed by atoms with van der Waals surface area (Å²) in [6, 6.07) is 9.89. The molecule has 32 heavy (non-hydrogen) atoms. The lowest BCUT2D eigenvalue weighted by Gasteiger charge is -2.24. The Morgan fingerprint density at radius 1 is 1.19 bits per heavy atom. The normalized spacial score (nSPS) is 10.5. The van der Waals surface area contributed by atoms with E-state index in [-0.39, 0.29) is 17.4 Å². The molecule has 0 aliphatic rings. The minimum absolute atomic E-state index is 0.123. The molecule has 0 unspecified atom stereocenters. The Morgan fingerprint density at radius 2 is 1.91 bits per heavy atom. The van der Waals surface area contributed by atoms with Crippen molar-refractivity contribution in [2.24, 2.45) is 0 Å². The van der Waals surface area contributed by atoms with Gasteiger partial charge in [0.2, 0.25) is 5.95 Å². The molecule has 10 heteroatoms. The van der Waals surface area contributed by atoms with E-state index in [9.17, 15) is 9.18 Å². The van der Waals surface area contributed by atoms with E-state index < -0.39 is 17.3 Å². The Balaban J connectivity index is 1.93. The number of anilines is 5. The Morgan fingerprint density at radius 3 is 2.56 bits per heavy atom. The zero-order valence-electron chi connectivity index (χ0n) is 17.8. The van der Waals surface area contributed by atoms with Crippen LogP contribution in [0.2, 0.25) is 5.02 Å². The highest BCUT2D eigenvalue weighted by atomic mass is 35.5. The first-order valence-corrected chi connectivity index (χ1v) is 10.3. The third-order valence-electron chi connectivity index (χ3n) is 4.77. The lowest BCUT2D eigenvalue weighted by Crippen LogP contribution is -2.22. The van der Waals surface area contributed by atoms with Crippen molar-refractivity contribution in [2.45, 2.75) is 13.8 Å². The molecular weight excluding hydrogens is 437 g/mol. The van der Waals surface area contributed by atoms with E-state index in [0.29, 0.717) is 10.8 Å². The summed E-state index contributed by atoms with van der Waals surface area (Å²) in [7, 11) is 1.35. The summed E-state index contributed by atoms with van der Waals surface area (Å²) in [5.74, 6) is -1.71. The largest absolute Gasteiger partial charge is 0.495 e. The SMILES string of the molecule is CCN(CC)c1ccccc1Nc1nc(Nc2cc(F)c(C(=O)O)cc2OC)ncc1Cl. The van der Waals surface area contributed by atoms with Gasteiger partial charge in [0.05, 0.1) is 35.9 Å². The number of para-hydroxylation sites is 2. The molecule has 0 saturated heterocycles. The van der Waals surface area contributed by atoms with Gasteiger partial charge in [-0.05, 0) is 32.0 Å². The number of aromatic carboxylic acids is 1. The molecule has 0 saturated carbocycles. The predicted octanol–water partition coefficient (Wildman–Crippen LogP) is 5.31. The molecule has 0 aliphatic heterocycles. The van der Waals surface area contributed by atoms with Gasteiger partial charge in [-0.2, -0.15) is 4.98 Å². The first kappa shape index (κ1) is 23.1. The molecule has 0 bridgehead atoms. The topological polar surface area (TPSA) is 99.6 Å². The molecule has 0 aliphatic carbocycles. The van der Waals surface area contributed by atoms with Gasteiger partial charge in [-0.25, -0.2) is 14.2 Å². The lowest BCUT2D eigenvalue weighted by molar-refractivity contribution is 0.0691. The summed E-state index contributed by atoms with van der Waals surface area (Å²) >= 11 is 6.31. The average molecular weight is 460 g/mol. The van der Waals surface area contributed by atoms with Crippen molar-refractivity contribution in [1.82, 2.24) is 9.97 Å². The third kappa shape index (κ3) is 5.00. The van der Waals surface area contributed by atoms with Crippen LogP contribution in [0, 0.1) is 5.82 Å². The van der Waals surface area contributed by atoms with Crippen LogP contribution in [0.15, 0.2) is 42.6 Å². The quantitative estimate of drug-likeness (QED) is 0.396. The van der Waals surface area contributed by atoms with Crippen LogP contribution in [-0.2, 0) is 0 Å². The van der Waals surface area contributed by atoms with Gasteiger partial charge in [-0.15, -0.1) is 0 Å². The van der Waals surface area contributed by atoms with E-state index in [4.69, 9.17) is 21.4 Å². The highest BCUT2D eigenvalue weighted by Crippen LogP contribution is 2.33. The second-order valence-electron chi connectivity index (χ2n) is 6.67. The number of benzene rings is 2. The summed E-state index contributed by atoms with van der Waals surface area (Å²) in [5.41, 5.74) is 1.48. The number of ether oxygens (including phenoxy) is 1. The summed E-state index contributed by atoms with van der Waals surface area (Å²) < 4.78 is 19.4. The molecule has 0 spiro atoms. The summed E-state index contributed by atoms with van der Waals surface area (Å²) in [6.07, 6.45) is 1.41. The predicted molar refractivity (Wildman–Crippen MR) is 124 cm³/mol. The first-order chi connectivity index (χ1) is 15.4. The van der Waals surface area contributed by atoms with Crippen LogP contribution in [0.25, 0.3) is 0 Å². The van der Waals surface area contributed by atoms with Crippen LogP contribution in [0.1, 0.15) is 24.2 Å². The van der Waals surface area contributed by atoms with Gasteiger partial charge in [-0.3, -0.25) is 0 Å². The number of halogens is 2. The van der Waals surface area contributed by atoms with Gasteiger partial charge in [0.15, 0.2) is 5.82 Å². The second kappa shape index (κ2) is 10.1. The van der Waals surface area contributed by atoms with Crippen molar-refractivity contribution >= 4 is 46.4 Å². The van der Waals surface area contributed by atoms with Crippen LogP contribution in [0.4, 0.5) is 33.2 Å². The van der Waals surface area contributed by atoms with Crippen LogP contribution >= 0.6 is 11.6 Å². The molecule has 1 aromatic heterocycles. The van der Waals surface area contributed by atoms with Gasteiger partial charge >= 0.3 is 5.97 Å². The fourth-order valence-electron chi connectivity index (χ4n) is 3.17. The third-order valence-corrected chi connectivity index (χ3v) is 5.05. The van der Waals surface area contributed by atoms with Crippen molar-refractivity contribution in [2.75, 3.05) is 35.7 Å². The molecule has 1 heterocycles. The van der Waals surface area contributed by atoms with E-state index in [1.807, 2.05) is 24.3 Å². The fraction of sp³-hybridized carbons (Fsp3) is 0.227. The van der Waals surface area contributed by atoms with Crippen LogP contribution in [0.5, 0.6) is 5.75 Å². The van der Waals surface area contributed by atoms with Gasteiger partial charge in [-0.1, -0.05) is 23.7 Å². The molecule has 0 atom stereocenters. The average Bonchev–Trinajstić information content (AvgIpc) is 2.78. The van der Waals surface area contributed by atoms with Crippen LogP contribution in [0.3, 0.4) is 0 Å². The monoisotopic (exact) mass is 459 g/mol. The number of hydrogen-bond donors (Lipinski definition) is 3. The Bertz CT molecular complexity index is 1120. The molecule has 3 aromatic rings. The smallest absolute Gasteiger partial charge is 0.338 e.